The summed E-state index contributed by atoms with van der Waals surface area (Å²) in [5, 5.41) is 0. The zero-order valence-corrected chi connectivity index (χ0v) is 13.3. The lowest BCUT2D eigenvalue weighted by molar-refractivity contribution is 0.599. The highest BCUT2D eigenvalue weighted by Crippen LogP contribution is 2.26. The van der Waals surface area contributed by atoms with Gasteiger partial charge in [-0.2, -0.15) is 0 Å². The van der Waals surface area contributed by atoms with Crippen molar-refractivity contribution in [2.75, 3.05) is 6.26 Å². The van der Waals surface area contributed by atoms with Crippen LogP contribution in [0.25, 0.3) is 11.3 Å². The van der Waals surface area contributed by atoms with Crippen molar-refractivity contribution in [2.45, 2.75) is 5.75 Å². The van der Waals surface area contributed by atoms with Crippen LogP contribution < -0.4 is 0 Å². The average molecular weight is 359 g/mol. The molecule has 1 heterocycles. The number of hydrogen-bond donors (Lipinski definition) is 1. The summed E-state index contributed by atoms with van der Waals surface area (Å²) in [6.07, 6.45) is 1.16. The minimum atomic E-state index is -3.16. The Morgan fingerprint density at radius 1 is 1.32 bits per heavy atom. The number of nitrogens with one attached hydrogen (secondary N) is 1. The summed E-state index contributed by atoms with van der Waals surface area (Å²) in [7, 11) is -3.16. The van der Waals surface area contributed by atoms with Crippen molar-refractivity contribution in [3.63, 3.8) is 0 Å². The molecule has 0 aliphatic carbocycles. The molecule has 0 aliphatic rings. The summed E-state index contributed by atoms with van der Waals surface area (Å²) in [6.45, 7) is 0. The zero-order chi connectivity index (χ0) is 14.0. The predicted molar refractivity (Wildman–Crippen MR) is 81.1 cm³/mol. The standard InChI is InChI=1S/C12H11BrN2O2S2/c1-19(16,17)7-9-14-11(10(13)12(18)15-9)8-5-3-2-4-6-8/h2-6H,7H2,1H3,(H,14,15,18). The number of sulfone groups is 1. The Morgan fingerprint density at radius 3 is 2.53 bits per heavy atom. The molecule has 0 radical (unpaired) electrons. The number of benzene rings is 1. The van der Waals surface area contributed by atoms with Crippen LogP contribution in [0.4, 0.5) is 0 Å². The molecule has 0 saturated carbocycles. The van der Waals surface area contributed by atoms with Crippen molar-refractivity contribution in [1.29, 1.82) is 0 Å². The van der Waals surface area contributed by atoms with Crippen molar-refractivity contribution in [3.05, 3.63) is 45.3 Å². The highest BCUT2D eigenvalue weighted by Gasteiger charge is 2.12. The number of hydrogen-bond acceptors (Lipinski definition) is 4. The Hall–Kier alpha value is -1.05. The Kier molecular flexibility index (Phi) is 4.17. The van der Waals surface area contributed by atoms with Gasteiger partial charge in [-0.15, -0.1) is 0 Å². The molecule has 7 heteroatoms. The van der Waals surface area contributed by atoms with Crippen LogP contribution in [0.5, 0.6) is 0 Å². The van der Waals surface area contributed by atoms with Crippen LogP contribution >= 0.6 is 28.1 Å². The third-order valence-corrected chi connectivity index (χ3v) is 4.50. The summed E-state index contributed by atoms with van der Waals surface area (Å²) in [6, 6.07) is 9.53. The zero-order valence-electron chi connectivity index (χ0n) is 10.1. The van der Waals surface area contributed by atoms with E-state index in [0.717, 1.165) is 17.5 Å². The molecule has 19 heavy (non-hydrogen) atoms. The van der Waals surface area contributed by atoms with Crippen LogP contribution in [-0.4, -0.2) is 24.6 Å². The lowest BCUT2D eigenvalue weighted by atomic mass is 10.1. The van der Waals surface area contributed by atoms with E-state index in [9.17, 15) is 8.42 Å². The topological polar surface area (TPSA) is 62.8 Å². The lowest BCUT2D eigenvalue weighted by Crippen LogP contribution is -2.06. The molecule has 1 aromatic carbocycles. The number of aromatic amines is 1. The largest absolute Gasteiger partial charge is 0.341 e. The van der Waals surface area contributed by atoms with Crippen molar-refractivity contribution < 1.29 is 8.42 Å². The maximum Gasteiger partial charge on any atom is 0.154 e. The van der Waals surface area contributed by atoms with Gasteiger partial charge < -0.3 is 4.98 Å². The molecule has 1 aromatic heterocycles. The van der Waals surface area contributed by atoms with E-state index >= 15 is 0 Å². The SMILES string of the molecule is CS(=O)(=O)Cc1nc(=S)c(Br)c(-c2ccccc2)[nH]1. The van der Waals surface area contributed by atoms with Gasteiger partial charge in [0.15, 0.2) is 9.84 Å². The minimum absolute atomic E-state index is 0.163. The van der Waals surface area contributed by atoms with Crippen LogP contribution in [0.3, 0.4) is 0 Å². The molecule has 2 rings (SSSR count). The first-order valence-corrected chi connectivity index (χ1v) is 8.65. The molecule has 2 aromatic rings. The summed E-state index contributed by atoms with van der Waals surface area (Å²) in [5.41, 5.74) is 1.65. The fourth-order valence-corrected chi connectivity index (χ4v) is 2.89. The number of nitrogens with zero attached hydrogens (tertiary/aromatic N) is 1. The number of aromatic nitrogens is 2. The third kappa shape index (κ3) is 3.71. The summed E-state index contributed by atoms with van der Waals surface area (Å²) in [4.78, 5) is 7.10. The van der Waals surface area contributed by atoms with Crippen molar-refractivity contribution in [3.8, 4) is 11.3 Å². The third-order valence-electron chi connectivity index (χ3n) is 2.37. The molecular formula is C12H11BrN2O2S2. The summed E-state index contributed by atoms with van der Waals surface area (Å²) in [5.74, 6) is 0.179. The van der Waals surface area contributed by atoms with Crippen molar-refractivity contribution >= 4 is 38.0 Å². The van der Waals surface area contributed by atoms with Gasteiger partial charge in [0.1, 0.15) is 16.2 Å². The van der Waals surface area contributed by atoms with Gasteiger partial charge in [-0.05, 0) is 21.5 Å². The van der Waals surface area contributed by atoms with Gasteiger partial charge in [0, 0.05) is 6.26 Å². The van der Waals surface area contributed by atoms with E-state index in [0.29, 0.717) is 14.9 Å². The fraction of sp³-hybridized carbons (Fsp3) is 0.167. The number of halogens is 1. The molecule has 0 saturated heterocycles. The van der Waals surface area contributed by atoms with E-state index in [2.05, 4.69) is 25.9 Å². The first kappa shape index (κ1) is 14.4. The van der Waals surface area contributed by atoms with E-state index in [4.69, 9.17) is 12.2 Å². The maximum absolute atomic E-state index is 11.3. The van der Waals surface area contributed by atoms with Gasteiger partial charge in [-0.25, -0.2) is 13.4 Å². The Morgan fingerprint density at radius 2 is 1.95 bits per heavy atom. The van der Waals surface area contributed by atoms with Crippen molar-refractivity contribution in [2.24, 2.45) is 0 Å². The number of H-pyrrole nitrogens is 1. The predicted octanol–water partition coefficient (Wildman–Crippen LogP) is 3.11. The maximum atomic E-state index is 11.3. The van der Waals surface area contributed by atoms with Crippen LogP contribution in [-0.2, 0) is 15.6 Å². The number of rotatable bonds is 3. The summed E-state index contributed by atoms with van der Waals surface area (Å²) < 4.78 is 23.7. The van der Waals surface area contributed by atoms with E-state index in [-0.39, 0.29) is 5.75 Å². The highest BCUT2D eigenvalue weighted by molar-refractivity contribution is 9.10. The second-order valence-corrected chi connectivity index (χ2v) is 7.43. The quantitative estimate of drug-likeness (QED) is 0.856. The van der Waals surface area contributed by atoms with E-state index in [1.165, 1.54) is 0 Å². The average Bonchev–Trinajstić information content (AvgIpc) is 2.33. The Bertz CT molecular complexity index is 755. The molecule has 0 fully saturated rings. The molecule has 0 unspecified atom stereocenters. The molecule has 0 amide bonds. The minimum Gasteiger partial charge on any atom is -0.341 e. The van der Waals surface area contributed by atoms with Gasteiger partial charge in [-0.1, -0.05) is 42.5 Å². The second-order valence-electron chi connectivity index (χ2n) is 4.11. The van der Waals surface area contributed by atoms with Gasteiger partial charge in [0.2, 0.25) is 0 Å². The van der Waals surface area contributed by atoms with Gasteiger partial charge in [0.25, 0.3) is 0 Å². The van der Waals surface area contributed by atoms with Gasteiger partial charge >= 0.3 is 0 Å². The molecule has 100 valence electrons. The molecular weight excluding hydrogens is 348 g/mol. The van der Waals surface area contributed by atoms with Gasteiger partial charge in [-0.3, -0.25) is 0 Å². The molecule has 4 nitrogen and oxygen atoms in total. The highest BCUT2D eigenvalue weighted by atomic mass is 79.9. The van der Waals surface area contributed by atoms with E-state index < -0.39 is 9.84 Å². The Labute approximate surface area is 125 Å². The fourth-order valence-electron chi connectivity index (χ4n) is 1.63. The van der Waals surface area contributed by atoms with E-state index in [1.54, 1.807) is 0 Å². The molecule has 0 aliphatic heterocycles. The van der Waals surface area contributed by atoms with E-state index in [1.807, 2.05) is 30.3 Å². The van der Waals surface area contributed by atoms with Gasteiger partial charge in [0.05, 0.1) is 10.2 Å². The lowest BCUT2D eigenvalue weighted by Gasteiger charge is -2.08. The molecule has 0 spiro atoms. The van der Waals surface area contributed by atoms with Crippen LogP contribution in [0, 0.1) is 4.64 Å². The van der Waals surface area contributed by atoms with Crippen LogP contribution in [0.1, 0.15) is 5.82 Å². The molecule has 0 atom stereocenters. The van der Waals surface area contributed by atoms with Crippen molar-refractivity contribution in [1.82, 2.24) is 9.97 Å². The van der Waals surface area contributed by atoms with Crippen LogP contribution in [0.2, 0.25) is 0 Å². The monoisotopic (exact) mass is 358 g/mol. The first-order chi connectivity index (χ1) is 8.87. The van der Waals surface area contributed by atoms with Crippen LogP contribution in [0.15, 0.2) is 34.8 Å². The summed E-state index contributed by atoms with van der Waals surface area (Å²) >= 11 is 8.53. The smallest absolute Gasteiger partial charge is 0.154 e. The second kappa shape index (κ2) is 5.52. The molecule has 1 N–H and O–H groups in total. The molecule has 0 bridgehead atoms. The normalized spacial score (nSPS) is 11.5. The Balaban J connectivity index is 2.59. The first-order valence-electron chi connectivity index (χ1n) is 5.38.